The Morgan fingerprint density at radius 2 is 1.68 bits per heavy atom. The number of rotatable bonds is 5. The normalized spacial score (nSPS) is 14.5. The number of halogens is 1. The minimum absolute atomic E-state index is 0.0903. The van der Waals surface area contributed by atoms with Crippen molar-refractivity contribution in [1.82, 2.24) is 9.88 Å². The quantitative estimate of drug-likeness (QED) is 0.601. The van der Waals surface area contributed by atoms with Gasteiger partial charge in [0, 0.05) is 54.2 Å². The number of amides is 1. The van der Waals surface area contributed by atoms with Gasteiger partial charge in [-0.3, -0.25) is 4.79 Å². The first kappa shape index (κ1) is 21.6. The zero-order valence-electron chi connectivity index (χ0n) is 16.8. The lowest BCUT2D eigenvalue weighted by Gasteiger charge is -2.35. The molecule has 1 aromatic heterocycles. The smallest absolute Gasteiger partial charge is 0.273 e. The van der Waals surface area contributed by atoms with E-state index in [0.717, 1.165) is 18.8 Å². The number of sulfone groups is 1. The molecule has 7 nitrogen and oxygen atoms in total. The summed E-state index contributed by atoms with van der Waals surface area (Å²) in [6.45, 7) is 2.73. The highest BCUT2D eigenvalue weighted by atomic mass is 35.5. The lowest BCUT2D eigenvalue weighted by molar-refractivity contribution is 0.0742. The van der Waals surface area contributed by atoms with E-state index < -0.39 is 9.84 Å². The van der Waals surface area contributed by atoms with E-state index in [0.29, 0.717) is 34.6 Å². The number of anilines is 3. The van der Waals surface area contributed by atoms with Gasteiger partial charge in [0.25, 0.3) is 5.91 Å². The number of carbonyl (C=O) groups excluding carboxylic acids is 1. The fraction of sp³-hybridized carbons (Fsp3) is 0.238. The van der Waals surface area contributed by atoms with Crippen LogP contribution in [0, 0.1) is 0 Å². The van der Waals surface area contributed by atoms with Crippen LogP contribution in [0.1, 0.15) is 10.5 Å². The number of hydrogen-bond acceptors (Lipinski definition) is 7. The van der Waals surface area contributed by atoms with Crippen molar-refractivity contribution < 1.29 is 13.2 Å². The number of aromatic nitrogens is 1. The van der Waals surface area contributed by atoms with Gasteiger partial charge in [0.05, 0.1) is 4.90 Å². The van der Waals surface area contributed by atoms with Crippen LogP contribution in [0.2, 0.25) is 5.02 Å². The Morgan fingerprint density at radius 3 is 2.29 bits per heavy atom. The summed E-state index contributed by atoms with van der Waals surface area (Å²) in [5.74, 6) is -0.0903. The monoisotopic (exact) mass is 476 g/mol. The zero-order valence-corrected chi connectivity index (χ0v) is 19.2. The maximum atomic E-state index is 12.8. The molecule has 2 heterocycles. The first-order valence-corrected chi connectivity index (χ1v) is 12.8. The molecule has 0 unspecified atom stereocenters. The molecule has 1 aliphatic rings. The first-order chi connectivity index (χ1) is 14.8. The fourth-order valence-corrected chi connectivity index (χ4v) is 4.78. The molecule has 1 fully saturated rings. The van der Waals surface area contributed by atoms with Crippen molar-refractivity contribution in [2.75, 3.05) is 42.7 Å². The predicted molar refractivity (Wildman–Crippen MR) is 125 cm³/mol. The van der Waals surface area contributed by atoms with Crippen molar-refractivity contribution in [2.24, 2.45) is 0 Å². The van der Waals surface area contributed by atoms with Crippen LogP contribution in [0.3, 0.4) is 0 Å². The van der Waals surface area contributed by atoms with Gasteiger partial charge in [0.1, 0.15) is 5.69 Å². The summed E-state index contributed by atoms with van der Waals surface area (Å²) in [6.07, 6.45) is 1.17. The lowest BCUT2D eigenvalue weighted by Crippen LogP contribution is -2.48. The Labute approximate surface area is 190 Å². The van der Waals surface area contributed by atoms with Gasteiger partial charge < -0.3 is 15.1 Å². The molecule has 0 spiro atoms. The standard InChI is InChI=1S/C21H21ClN4O3S2/c1-31(28,29)18-8-4-16(5-9-18)23-21-24-19(14-30-21)20(27)26-12-10-25(11-13-26)17-6-2-15(22)3-7-17/h2-9,14H,10-13H2,1H3,(H,23,24). The highest BCUT2D eigenvalue weighted by Gasteiger charge is 2.24. The van der Waals surface area contributed by atoms with E-state index in [4.69, 9.17) is 11.6 Å². The molecule has 1 N–H and O–H groups in total. The molecular formula is C21H21ClN4O3S2. The summed E-state index contributed by atoms with van der Waals surface area (Å²) >= 11 is 7.29. The van der Waals surface area contributed by atoms with E-state index in [1.807, 2.05) is 29.2 Å². The van der Waals surface area contributed by atoms with E-state index in [2.05, 4.69) is 15.2 Å². The van der Waals surface area contributed by atoms with E-state index in [-0.39, 0.29) is 10.8 Å². The summed E-state index contributed by atoms with van der Waals surface area (Å²) in [7, 11) is -3.24. The molecule has 0 radical (unpaired) electrons. The SMILES string of the molecule is CS(=O)(=O)c1ccc(Nc2nc(C(=O)N3CCN(c4ccc(Cl)cc4)CC3)cs2)cc1. The van der Waals surface area contributed by atoms with Crippen LogP contribution in [0.25, 0.3) is 0 Å². The molecule has 1 amide bonds. The lowest BCUT2D eigenvalue weighted by atomic mass is 10.2. The molecule has 4 rings (SSSR count). The van der Waals surface area contributed by atoms with Crippen molar-refractivity contribution in [2.45, 2.75) is 4.90 Å². The number of piperazine rings is 1. The van der Waals surface area contributed by atoms with Crippen LogP contribution in [-0.4, -0.2) is 56.6 Å². The van der Waals surface area contributed by atoms with E-state index >= 15 is 0 Å². The van der Waals surface area contributed by atoms with Crippen LogP contribution >= 0.6 is 22.9 Å². The Balaban J connectivity index is 1.36. The average molecular weight is 477 g/mol. The second-order valence-corrected chi connectivity index (χ2v) is 10.5. The van der Waals surface area contributed by atoms with Gasteiger partial charge in [-0.1, -0.05) is 11.6 Å². The second kappa shape index (κ2) is 8.86. The molecule has 0 atom stereocenters. The molecule has 2 aromatic carbocycles. The zero-order chi connectivity index (χ0) is 22.0. The van der Waals surface area contributed by atoms with Gasteiger partial charge in [0.2, 0.25) is 0 Å². The van der Waals surface area contributed by atoms with Crippen molar-refractivity contribution in [3.05, 3.63) is 64.6 Å². The Kier molecular flexibility index (Phi) is 6.17. The number of benzene rings is 2. The van der Waals surface area contributed by atoms with Gasteiger partial charge in [-0.15, -0.1) is 11.3 Å². The van der Waals surface area contributed by atoms with Crippen LogP contribution in [0.4, 0.5) is 16.5 Å². The number of nitrogens with one attached hydrogen (secondary N) is 1. The number of hydrogen-bond donors (Lipinski definition) is 1. The molecule has 0 saturated carbocycles. The fourth-order valence-electron chi connectivity index (χ4n) is 3.32. The molecule has 0 bridgehead atoms. The first-order valence-electron chi connectivity index (χ1n) is 9.62. The maximum absolute atomic E-state index is 12.8. The van der Waals surface area contributed by atoms with E-state index in [1.165, 1.54) is 29.7 Å². The van der Waals surface area contributed by atoms with Gasteiger partial charge in [0.15, 0.2) is 15.0 Å². The maximum Gasteiger partial charge on any atom is 0.273 e. The number of nitrogens with zero attached hydrogens (tertiary/aromatic N) is 3. The Bertz CT molecular complexity index is 1170. The van der Waals surface area contributed by atoms with Crippen LogP contribution < -0.4 is 10.2 Å². The van der Waals surface area contributed by atoms with E-state index in [9.17, 15) is 13.2 Å². The molecule has 3 aromatic rings. The summed E-state index contributed by atoms with van der Waals surface area (Å²) < 4.78 is 23.1. The summed E-state index contributed by atoms with van der Waals surface area (Å²) in [6, 6.07) is 14.1. The van der Waals surface area contributed by atoms with Crippen molar-refractivity contribution >= 4 is 55.2 Å². The van der Waals surface area contributed by atoms with Crippen molar-refractivity contribution in [3.8, 4) is 0 Å². The Hall–Kier alpha value is -2.62. The van der Waals surface area contributed by atoms with E-state index in [1.54, 1.807) is 17.5 Å². The van der Waals surface area contributed by atoms with Crippen molar-refractivity contribution in [1.29, 1.82) is 0 Å². The van der Waals surface area contributed by atoms with Crippen LogP contribution in [0.15, 0.2) is 58.8 Å². The molecular weight excluding hydrogens is 456 g/mol. The van der Waals surface area contributed by atoms with Gasteiger partial charge in [-0.05, 0) is 48.5 Å². The van der Waals surface area contributed by atoms with Gasteiger partial charge in [-0.2, -0.15) is 0 Å². The summed E-state index contributed by atoms with van der Waals surface area (Å²) in [5.41, 5.74) is 2.20. The molecule has 1 aliphatic heterocycles. The largest absolute Gasteiger partial charge is 0.368 e. The number of thiazole rings is 1. The highest BCUT2D eigenvalue weighted by molar-refractivity contribution is 7.90. The highest BCUT2D eigenvalue weighted by Crippen LogP contribution is 2.24. The third kappa shape index (κ3) is 5.17. The third-order valence-electron chi connectivity index (χ3n) is 5.02. The Morgan fingerprint density at radius 1 is 1.03 bits per heavy atom. The molecule has 10 heteroatoms. The molecule has 0 aliphatic carbocycles. The minimum atomic E-state index is -3.24. The molecule has 31 heavy (non-hydrogen) atoms. The summed E-state index contributed by atoms with van der Waals surface area (Å²) in [4.78, 5) is 21.6. The topological polar surface area (TPSA) is 82.6 Å². The van der Waals surface area contributed by atoms with Gasteiger partial charge >= 0.3 is 0 Å². The minimum Gasteiger partial charge on any atom is -0.368 e. The van der Waals surface area contributed by atoms with Gasteiger partial charge in [-0.25, -0.2) is 13.4 Å². The molecule has 1 saturated heterocycles. The predicted octanol–water partition coefficient (Wildman–Crippen LogP) is 3.91. The third-order valence-corrected chi connectivity index (χ3v) is 7.15. The molecule has 162 valence electrons. The van der Waals surface area contributed by atoms with Crippen LogP contribution in [-0.2, 0) is 9.84 Å². The van der Waals surface area contributed by atoms with Crippen LogP contribution in [0.5, 0.6) is 0 Å². The van der Waals surface area contributed by atoms with Crippen molar-refractivity contribution in [3.63, 3.8) is 0 Å². The second-order valence-electron chi connectivity index (χ2n) is 7.22. The number of carbonyl (C=O) groups is 1. The summed E-state index contributed by atoms with van der Waals surface area (Å²) in [5, 5.41) is 6.14. The average Bonchev–Trinajstić information content (AvgIpc) is 3.22.